The highest BCUT2D eigenvalue weighted by molar-refractivity contribution is 6.15. The number of nitrogens with zero attached hydrogens (tertiary/aromatic N) is 1. The molecule has 0 radical (unpaired) electrons. The number of H-pyrrole nitrogens is 1. The second-order valence-corrected chi connectivity index (χ2v) is 4.24. The van der Waals surface area contributed by atoms with E-state index in [4.69, 9.17) is 0 Å². The van der Waals surface area contributed by atoms with E-state index < -0.39 is 0 Å². The zero-order chi connectivity index (χ0) is 12.5. The SMILES string of the molecule is Cc1cccc(C(=O)c2c[nH]c3ccccc23)n1. The minimum Gasteiger partial charge on any atom is -0.360 e. The highest BCUT2D eigenvalue weighted by atomic mass is 16.1. The number of hydrogen-bond acceptors (Lipinski definition) is 2. The fourth-order valence-corrected chi connectivity index (χ4v) is 2.07. The molecule has 0 bridgehead atoms. The molecular weight excluding hydrogens is 224 g/mol. The molecule has 2 aromatic heterocycles. The Morgan fingerprint density at radius 3 is 2.78 bits per heavy atom. The molecule has 0 unspecified atom stereocenters. The van der Waals surface area contributed by atoms with Crippen LogP contribution in [0.25, 0.3) is 10.9 Å². The molecule has 1 N–H and O–H groups in total. The lowest BCUT2D eigenvalue weighted by atomic mass is 10.1. The van der Waals surface area contributed by atoms with Gasteiger partial charge in [0.2, 0.25) is 5.78 Å². The van der Waals surface area contributed by atoms with Gasteiger partial charge in [-0.05, 0) is 25.1 Å². The van der Waals surface area contributed by atoms with Crippen LogP contribution in [0.15, 0.2) is 48.7 Å². The maximum absolute atomic E-state index is 12.4. The number of carbonyl (C=O) groups excluding carboxylic acids is 1. The molecule has 0 spiro atoms. The lowest BCUT2D eigenvalue weighted by Gasteiger charge is -2.00. The van der Waals surface area contributed by atoms with Crippen LogP contribution in [0.2, 0.25) is 0 Å². The number of aromatic amines is 1. The Balaban J connectivity index is 2.12. The smallest absolute Gasteiger partial charge is 0.213 e. The molecule has 88 valence electrons. The van der Waals surface area contributed by atoms with E-state index in [1.807, 2.05) is 43.3 Å². The van der Waals surface area contributed by atoms with Crippen LogP contribution in [-0.2, 0) is 0 Å². The summed E-state index contributed by atoms with van der Waals surface area (Å²) in [5.41, 5.74) is 2.97. The van der Waals surface area contributed by atoms with Crippen molar-refractivity contribution >= 4 is 16.7 Å². The summed E-state index contributed by atoms with van der Waals surface area (Å²) in [5, 5.41) is 0.936. The number of rotatable bonds is 2. The van der Waals surface area contributed by atoms with Gasteiger partial charge in [-0.3, -0.25) is 4.79 Å². The van der Waals surface area contributed by atoms with Crippen LogP contribution < -0.4 is 0 Å². The van der Waals surface area contributed by atoms with E-state index in [2.05, 4.69) is 9.97 Å². The Bertz CT molecular complexity index is 728. The molecule has 0 aliphatic heterocycles. The standard InChI is InChI=1S/C15H12N2O/c1-10-5-4-8-14(17-10)15(18)12-9-16-13-7-3-2-6-11(12)13/h2-9,16H,1H3. The first-order valence-corrected chi connectivity index (χ1v) is 5.80. The van der Waals surface area contributed by atoms with Gasteiger partial charge in [0.05, 0.1) is 0 Å². The Morgan fingerprint density at radius 1 is 1.11 bits per heavy atom. The Hall–Kier alpha value is -2.42. The minimum atomic E-state index is -0.0452. The van der Waals surface area contributed by atoms with Gasteiger partial charge in [0.15, 0.2) is 0 Å². The van der Waals surface area contributed by atoms with E-state index in [-0.39, 0.29) is 5.78 Å². The van der Waals surface area contributed by atoms with Gasteiger partial charge in [0, 0.05) is 28.4 Å². The number of hydrogen-bond donors (Lipinski definition) is 1. The zero-order valence-electron chi connectivity index (χ0n) is 9.97. The first-order chi connectivity index (χ1) is 8.75. The van der Waals surface area contributed by atoms with Crippen molar-refractivity contribution in [2.75, 3.05) is 0 Å². The van der Waals surface area contributed by atoms with Crippen LogP contribution in [0.4, 0.5) is 0 Å². The molecule has 3 rings (SSSR count). The number of benzene rings is 1. The van der Waals surface area contributed by atoms with Gasteiger partial charge in [0.25, 0.3) is 0 Å². The maximum atomic E-state index is 12.4. The summed E-state index contributed by atoms with van der Waals surface area (Å²) in [6, 6.07) is 13.2. The lowest BCUT2D eigenvalue weighted by Crippen LogP contribution is -2.03. The van der Waals surface area contributed by atoms with Gasteiger partial charge in [0.1, 0.15) is 5.69 Å². The fraction of sp³-hybridized carbons (Fsp3) is 0.0667. The first-order valence-electron chi connectivity index (χ1n) is 5.80. The number of pyridine rings is 1. The number of ketones is 1. The van der Waals surface area contributed by atoms with E-state index in [0.717, 1.165) is 16.6 Å². The largest absolute Gasteiger partial charge is 0.360 e. The number of aromatic nitrogens is 2. The van der Waals surface area contributed by atoms with Gasteiger partial charge < -0.3 is 4.98 Å². The second kappa shape index (κ2) is 4.11. The van der Waals surface area contributed by atoms with Gasteiger partial charge in [-0.1, -0.05) is 24.3 Å². The maximum Gasteiger partial charge on any atom is 0.213 e. The highest BCUT2D eigenvalue weighted by Crippen LogP contribution is 2.20. The quantitative estimate of drug-likeness (QED) is 0.695. The molecule has 0 atom stereocenters. The summed E-state index contributed by atoms with van der Waals surface area (Å²) in [4.78, 5) is 19.8. The molecule has 3 heteroatoms. The van der Waals surface area contributed by atoms with Crippen molar-refractivity contribution < 1.29 is 4.79 Å². The number of aryl methyl sites for hydroxylation is 1. The summed E-state index contributed by atoms with van der Waals surface area (Å²) in [7, 11) is 0. The van der Waals surface area contributed by atoms with Crippen molar-refractivity contribution in [2.24, 2.45) is 0 Å². The molecule has 1 aromatic carbocycles. The minimum absolute atomic E-state index is 0.0452. The van der Waals surface area contributed by atoms with Gasteiger partial charge in [-0.25, -0.2) is 4.98 Å². The monoisotopic (exact) mass is 236 g/mol. The topological polar surface area (TPSA) is 45.8 Å². The summed E-state index contributed by atoms with van der Waals surface area (Å²) >= 11 is 0. The second-order valence-electron chi connectivity index (χ2n) is 4.24. The van der Waals surface area contributed by atoms with Crippen LogP contribution in [0.5, 0.6) is 0 Å². The van der Waals surface area contributed by atoms with Crippen LogP contribution >= 0.6 is 0 Å². The number of nitrogens with one attached hydrogen (secondary N) is 1. The van der Waals surface area contributed by atoms with E-state index in [1.54, 1.807) is 12.3 Å². The van der Waals surface area contributed by atoms with E-state index in [9.17, 15) is 4.79 Å². The fourth-order valence-electron chi connectivity index (χ4n) is 2.07. The van der Waals surface area contributed by atoms with Gasteiger partial charge in [-0.15, -0.1) is 0 Å². The molecule has 0 saturated heterocycles. The average Bonchev–Trinajstić information content (AvgIpc) is 2.82. The summed E-state index contributed by atoms with van der Waals surface area (Å²) in [6.07, 6.45) is 1.75. The summed E-state index contributed by atoms with van der Waals surface area (Å²) in [5.74, 6) is -0.0452. The predicted molar refractivity (Wildman–Crippen MR) is 70.7 cm³/mol. The molecule has 18 heavy (non-hydrogen) atoms. The molecule has 0 amide bonds. The molecule has 0 aliphatic rings. The Labute approximate surface area is 104 Å². The van der Waals surface area contributed by atoms with Crippen molar-refractivity contribution in [1.29, 1.82) is 0 Å². The van der Waals surface area contributed by atoms with E-state index in [0.29, 0.717) is 11.3 Å². The summed E-state index contributed by atoms with van der Waals surface area (Å²) in [6.45, 7) is 1.88. The van der Waals surface area contributed by atoms with Gasteiger partial charge in [-0.2, -0.15) is 0 Å². The zero-order valence-corrected chi connectivity index (χ0v) is 9.97. The van der Waals surface area contributed by atoms with Crippen molar-refractivity contribution in [3.63, 3.8) is 0 Å². The van der Waals surface area contributed by atoms with Crippen LogP contribution in [0, 0.1) is 6.92 Å². The molecule has 3 aromatic rings. The van der Waals surface area contributed by atoms with Crippen LogP contribution in [0.3, 0.4) is 0 Å². The number of para-hydroxylation sites is 1. The molecule has 2 heterocycles. The third-order valence-corrected chi connectivity index (χ3v) is 2.95. The van der Waals surface area contributed by atoms with Crippen LogP contribution in [0.1, 0.15) is 21.7 Å². The van der Waals surface area contributed by atoms with Crippen molar-refractivity contribution in [1.82, 2.24) is 9.97 Å². The molecule has 0 aliphatic carbocycles. The van der Waals surface area contributed by atoms with Crippen molar-refractivity contribution in [2.45, 2.75) is 6.92 Å². The first kappa shape index (κ1) is 10.7. The van der Waals surface area contributed by atoms with E-state index in [1.165, 1.54) is 0 Å². The third-order valence-electron chi connectivity index (χ3n) is 2.95. The molecule has 0 saturated carbocycles. The Morgan fingerprint density at radius 2 is 1.94 bits per heavy atom. The van der Waals surface area contributed by atoms with Crippen molar-refractivity contribution in [3.05, 3.63) is 65.6 Å². The van der Waals surface area contributed by atoms with Crippen molar-refractivity contribution in [3.8, 4) is 0 Å². The van der Waals surface area contributed by atoms with Gasteiger partial charge >= 0.3 is 0 Å². The highest BCUT2D eigenvalue weighted by Gasteiger charge is 2.14. The predicted octanol–water partition coefficient (Wildman–Crippen LogP) is 3.10. The number of carbonyl (C=O) groups is 1. The average molecular weight is 236 g/mol. The normalized spacial score (nSPS) is 10.7. The molecule has 3 nitrogen and oxygen atoms in total. The molecule has 0 fully saturated rings. The molecular formula is C15H12N2O. The number of fused-ring (bicyclic) bond motifs is 1. The summed E-state index contributed by atoms with van der Waals surface area (Å²) < 4.78 is 0. The lowest BCUT2D eigenvalue weighted by molar-refractivity contribution is 0.103. The van der Waals surface area contributed by atoms with E-state index >= 15 is 0 Å². The Kier molecular flexibility index (Phi) is 2.45. The van der Waals surface area contributed by atoms with Crippen LogP contribution in [-0.4, -0.2) is 15.8 Å². The third kappa shape index (κ3) is 1.70.